The van der Waals surface area contributed by atoms with E-state index < -0.39 is 0 Å². The van der Waals surface area contributed by atoms with E-state index in [1.54, 1.807) is 11.3 Å². The lowest BCUT2D eigenvalue weighted by Gasteiger charge is -2.19. The molecule has 3 aromatic heterocycles. The van der Waals surface area contributed by atoms with Crippen LogP contribution in [0.15, 0.2) is 11.6 Å². The van der Waals surface area contributed by atoms with Gasteiger partial charge in [0.25, 0.3) is 0 Å². The lowest BCUT2D eigenvalue weighted by atomic mass is 10.2. The average Bonchev–Trinajstić information content (AvgIpc) is 3.15. The highest BCUT2D eigenvalue weighted by molar-refractivity contribution is 7.15. The second-order valence-corrected chi connectivity index (χ2v) is 7.38. The molecule has 0 bridgehead atoms. The molecule has 0 spiro atoms. The van der Waals surface area contributed by atoms with E-state index in [0.717, 1.165) is 54.9 Å². The summed E-state index contributed by atoms with van der Waals surface area (Å²) in [4.78, 5) is 8.25. The van der Waals surface area contributed by atoms with Gasteiger partial charge in [0.1, 0.15) is 11.6 Å². The van der Waals surface area contributed by atoms with Gasteiger partial charge in [0.15, 0.2) is 4.96 Å². The van der Waals surface area contributed by atoms with Crippen molar-refractivity contribution in [2.24, 2.45) is 0 Å². The quantitative estimate of drug-likeness (QED) is 0.740. The molecule has 1 aliphatic rings. The van der Waals surface area contributed by atoms with Gasteiger partial charge >= 0.3 is 0 Å². The van der Waals surface area contributed by atoms with Crippen LogP contribution in [0.3, 0.4) is 0 Å². The Hall–Kier alpha value is -1.73. The smallest absolute Gasteiger partial charge is 0.194 e. The fourth-order valence-electron chi connectivity index (χ4n) is 3.32. The van der Waals surface area contributed by atoms with Crippen LogP contribution in [0, 0.1) is 6.92 Å². The summed E-state index contributed by atoms with van der Waals surface area (Å²) in [6.07, 6.45) is 3.09. The summed E-state index contributed by atoms with van der Waals surface area (Å²) in [5, 5.41) is 10.9. The van der Waals surface area contributed by atoms with E-state index in [-0.39, 0.29) is 0 Å². The van der Waals surface area contributed by atoms with E-state index in [2.05, 4.69) is 61.4 Å². The second kappa shape index (κ2) is 5.72. The minimum Gasteiger partial charge on any atom is -0.313 e. The maximum absolute atomic E-state index is 4.66. The molecule has 1 aliphatic heterocycles. The second-order valence-electron chi connectivity index (χ2n) is 6.51. The Kier molecular flexibility index (Phi) is 3.69. The predicted octanol–water partition coefficient (Wildman–Crippen LogP) is 2.48. The van der Waals surface area contributed by atoms with Crippen LogP contribution in [0.1, 0.15) is 42.8 Å². The number of nitrogens with zero attached hydrogens (tertiary/aromatic N) is 6. The van der Waals surface area contributed by atoms with Crippen molar-refractivity contribution in [3.05, 3.63) is 34.6 Å². The van der Waals surface area contributed by atoms with Crippen LogP contribution < -0.4 is 0 Å². The van der Waals surface area contributed by atoms with E-state index in [1.807, 2.05) is 0 Å². The Bertz CT molecular complexity index is 827. The lowest BCUT2D eigenvalue weighted by Crippen LogP contribution is -2.27. The summed E-state index contributed by atoms with van der Waals surface area (Å²) in [6.45, 7) is 10.4. The van der Waals surface area contributed by atoms with Crippen molar-refractivity contribution in [3.8, 4) is 0 Å². The highest BCUT2D eigenvalue weighted by Gasteiger charge is 2.21. The number of thiazole rings is 1. The number of hydrogen-bond acceptors (Lipinski definition) is 5. The maximum Gasteiger partial charge on any atom is 0.194 e. The highest BCUT2D eigenvalue weighted by atomic mass is 32.1. The molecule has 0 atom stereocenters. The van der Waals surface area contributed by atoms with Gasteiger partial charge in [-0.25, -0.2) is 4.98 Å². The zero-order valence-electron chi connectivity index (χ0n) is 13.9. The van der Waals surface area contributed by atoms with Crippen molar-refractivity contribution < 1.29 is 0 Å². The lowest BCUT2D eigenvalue weighted by molar-refractivity contribution is 0.265. The fraction of sp³-hybridized carbons (Fsp3) is 0.562. The molecule has 0 amide bonds. The fourth-order valence-corrected chi connectivity index (χ4v) is 4.10. The monoisotopic (exact) mass is 330 g/mol. The molecule has 7 heteroatoms. The third-order valence-electron chi connectivity index (χ3n) is 4.60. The molecule has 0 radical (unpaired) electrons. The summed E-state index contributed by atoms with van der Waals surface area (Å²) in [5.41, 5.74) is 2.45. The molecule has 0 fully saturated rings. The van der Waals surface area contributed by atoms with E-state index in [1.165, 1.54) is 5.69 Å². The zero-order chi connectivity index (χ0) is 16.0. The van der Waals surface area contributed by atoms with Gasteiger partial charge in [-0.2, -0.15) is 0 Å². The Balaban J connectivity index is 1.54. The van der Waals surface area contributed by atoms with Crippen molar-refractivity contribution in [2.75, 3.05) is 13.1 Å². The van der Waals surface area contributed by atoms with Gasteiger partial charge in [0.2, 0.25) is 0 Å². The van der Waals surface area contributed by atoms with Crippen molar-refractivity contribution in [3.63, 3.8) is 0 Å². The molecule has 4 rings (SSSR count). The van der Waals surface area contributed by atoms with Crippen LogP contribution >= 0.6 is 11.3 Å². The van der Waals surface area contributed by atoms with E-state index in [9.17, 15) is 0 Å². The predicted molar refractivity (Wildman–Crippen MR) is 90.9 cm³/mol. The van der Waals surface area contributed by atoms with Gasteiger partial charge < -0.3 is 4.57 Å². The standard InChI is InChI=1S/C16H22N6S/c1-11(2)15-19-18-14-4-5-20(6-7-22(14)15)10-13-12(3)17-16-21(13)8-9-23-16/h8-9,11H,4-7,10H2,1-3H3. The number of hydrogen-bond donors (Lipinski definition) is 0. The topological polar surface area (TPSA) is 51.2 Å². The molecule has 0 aliphatic carbocycles. The molecule has 3 aromatic rings. The Labute approximate surface area is 139 Å². The van der Waals surface area contributed by atoms with Crippen molar-refractivity contribution in [2.45, 2.75) is 46.2 Å². The van der Waals surface area contributed by atoms with Crippen LogP contribution in [0.5, 0.6) is 0 Å². The highest BCUT2D eigenvalue weighted by Crippen LogP contribution is 2.20. The van der Waals surface area contributed by atoms with Crippen LogP contribution in [0.25, 0.3) is 4.96 Å². The van der Waals surface area contributed by atoms with Crippen LogP contribution in [-0.2, 0) is 19.5 Å². The Morgan fingerprint density at radius 1 is 1.22 bits per heavy atom. The van der Waals surface area contributed by atoms with Gasteiger partial charge in [0.05, 0.1) is 11.4 Å². The molecule has 0 aromatic carbocycles. The molecular formula is C16H22N6S. The molecule has 0 N–H and O–H groups in total. The minimum absolute atomic E-state index is 0.422. The van der Waals surface area contributed by atoms with E-state index in [4.69, 9.17) is 0 Å². The molecule has 0 saturated carbocycles. The van der Waals surface area contributed by atoms with Crippen LogP contribution in [-0.4, -0.2) is 42.1 Å². The summed E-state index contributed by atoms with van der Waals surface area (Å²) in [6, 6.07) is 0. The molecule has 4 heterocycles. The van der Waals surface area contributed by atoms with Crippen molar-refractivity contribution in [1.82, 2.24) is 29.0 Å². The normalized spacial score (nSPS) is 16.2. The van der Waals surface area contributed by atoms with Crippen molar-refractivity contribution in [1.29, 1.82) is 0 Å². The van der Waals surface area contributed by atoms with Gasteiger partial charge in [-0.15, -0.1) is 21.5 Å². The van der Waals surface area contributed by atoms with Gasteiger partial charge in [0, 0.05) is 50.1 Å². The van der Waals surface area contributed by atoms with Crippen LogP contribution in [0.4, 0.5) is 0 Å². The first-order valence-electron chi connectivity index (χ1n) is 8.19. The molecule has 0 unspecified atom stereocenters. The van der Waals surface area contributed by atoms with E-state index in [0.29, 0.717) is 5.92 Å². The van der Waals surface area contributed by atoms with Gasteiger partial charge in [-0.3, -0.25) is 9.30 Å². The van der Waals surface area contributed by atoms with Crippen molar-refractivity contribution >= 4 is 16.3 Å². The first-order valence-corrected chi connectivity index (χ1v) is 9.07. The number of aryl methyl sites for hydroxylation is 1. The average molecular weight is 330 g/mol. The molecule has 6 nitrogen and oxygen atoms in total. The largest absolute Gasteiger partial charge is 0.313 e. The summed E-state index contributed by atoms with van der Waals surface area (Å²) in [5.74, 6) is 2.66. The Morgan fingerprint density at radius 3 is 2.91 bits per heavy atom. The molecular weight excluding hydrogens is 308 g/mol. The molecule has 122 valence electrons. The third-order valence-corrected chi connectivity index (χ3v) is 5.36. The number of aromatic nitrogens is 5. The first kappa shape index (κ1) is 14.8. The number of rotatable bonds is 3. The summed E-state index contributed by atoms with van der Waals surface area (Å²) < 4.78 is 4.54. The summed E-state index contributed by atoms with van der Waals surface area (Å²) in [7, 11) is 0. The first-order chi connectivity index (χ1) is 11.1. The number of imidazole rings is 1. The minimum atomic E-state index is 0.422. The number of fused-ring (bicyclic) bond motifs is 2. The Morgan fingerprint density at radius 2 is 2.09 bits per heavy atom. The SMILES string of the molecule is Cc1nc2sccn2c1CN1CCc2nnc(C(C)C)n2CC1. The molecule has 23 heavy (non-hydrogen) atoms. The third kappa shape index (κ3) is 2.57. The van der Waals surface area contributed by atoms with Gasteiger partial charge in [-0.05, 0) is 6.92 Å². The van der Waals surface area contributed by atoms with Crippen LogP contribution in [0.2, 0.25) is 0 Å². The zero-order valence-corrected chi connectivity index (χ0v) is 14.7. The molecule has 0 saturated heterocycles. The maximum atomic E-state index is 4.66. The van der Waals surface area contributed by atoms with E-state index >= 15 is 0 Å². The summed E-state index contributed by atoms with van der Waals surface area (Å²) >= 11 is 1.70. The van der Waals surface area contributed by atoms with Gasteiger partial charge in [-0.1, -0.05) is 13.8 Å².